The monoisotopic (exact) mass is 365 g/mol. The summed E-state index contributed by atoms with van der Waals surface area (Å²) in [5, 5.41) is 3.35. The zero-order valence-corrected chi connectivity index (χ0v) is 14.1. The maximum atomic E-state index is 12.1. The van der Waals surface area contributed by atoms with Crippen molar-refractivity contribution in [3.63, 3.8) is 0 Å². The van der Waals surface area contributed by atoms with Crippen molar-refractivity contribution < 1.29 is 4.79 Å². The fourth-order valence-electron chi connectivity index (χ4n) is 1.92. The first-order chi connectivity index (χ1) is 8.99. The molecule has 0 fully saturated rings. The smallest absolute Gasteiger partial charge is 0.252 e. The fraction of sp³-hybridized carbons (Fsp3) is 0.500. The lowest BCUT2D eigenvalue weighted by Crippen LogP contribution is -2.33. The quantitative estimate of drug-likeness (QED) is 0.714. The van der Waals surface area contributed by atoms with Gasteiger partial charge < -0.3 is 5.32 Å². The average Bonchev–Trinajstić information content (AvgIpc) is 2.40. The molecule has 19 heavy (non-hydrogen) atoms. The number of benzene rings is 1. The zero-order chi connectivity index (χ0) is 14.4. The van der Waals surface area contributed by atoms with Crippen LogP contribution in [0.15, 0.2) is 22.7 Å². The molecule has 0 heterocycles. The van der Waals surface area contributed by atoms with Gasteiger partial charge in [0.25, 0.3) is 5.91 Å². The van der Waals surface area contributed by atoms with E-state index in [-0.39, 0.29) is 11.3 Å². The van der Waals surface area contributed by atoms with Gasteiger partial charge in [0.1, 0.15) is 0 Å². The van der Waals surface area contributed by atoms with Gasteiger partial charge >= 0.3 is 0 Å². The molecule has 0 saturated heterocycles. The highest BCUT2D eigenvalue weighted by Crippen LogP contribution is 2.22. The Morgan fingerprint density at radius 1 is 1.37 bits per heavy atom. The average molecular weight is 367 g/mol. The van der Waals surface area contributed by atoms with Crippen LogP contribution in [0.2, 0.25) is 5.02 Å². The van der Waals surface area contributed by atoms with Gasteiger partial charge in [0, 0.05) is 16.0 Å². The van der Waals surface area contributed by atoms with Crippen molar-refractivity contribution in [1.82, 2.24) is 5.32 Å². The summed E-state index contributed by atoms with van der Waals surface area (Å²) in [4.78, 5) is 12.1. The van der Waals surface area contributed by atoms with Gasteiger partial charge in [0.15, 0.2) is 0 Å². The largest absolute Gasteiger partial charge is 0.351 e. The lowest BCUT2D eigenvalue weighted by Gasteiger charge is -2.19. The van der Waals surface area contributed by atoms with Gasteiger partial charge in [-0.1, -0.05) is 38.3 Å². The van der Waals surface area contributed by atoms with Crippen LogP contribution in [0.1, 0.15) is 37.0 Å². The number of halogens is 3. The van der Waals surface area contributed by atoms with Gasteiger partial charge in [-0.25, -0.2) is 0 Å². The standard InChI is InChI=1S/C14H18BrCl2NO/c1-3-9(4-2)13(17)8-18-14(19)11-7-10(16)5-6-12(11)15/h5-7,9,13H,3-4,8H2,1-2H3,(H,18,19). The van der Waals surface area contributed by atoms with E-state index in [9.17, 15) is 4.79 Å². The van der Waals surface area contributed by atoms with E-state index in [1.165, 1.54) is 0 Å². The fourth-order valence-corrected chi connectivity index (χ4v) is 2.96. The third-order valence-corrected chi connectivity index (χ3v) is 4.63. The molecule has 0 bridgehead atoms. The van der Waals surface area contributed by atoms with Crippen LogP contribution in [0.25, 0.3) is 0 Å². The van der Waals surface area contributed by atoms with E-state index in [0.717, 1.165) is 17.3 Å². The number of hydrogen-bond donors (Lipinski definition) is 1. The predicted octanol–water partition coefficient (Wildman–Crippen LogP) is 4.88. The Hall–Kier alpha value is -0.250. The molecule has 0 radical (unpaired) electrons. The topological polar surface area (TPSA) is 29.1 Å². The van der Waals surface area contributed by atoms with Crippen molar-refractivity contribution in [3.05, 3.63) is 33.3 Å². The SMILES string of the molecule is CCC(CC)C(Cl)CNC(=O)c1cc(Cl)ccc1Br. The maximum Gasteiger partial charge on any atom is 0.252 e. The summed E-state index contributed by atoms with van der Waals surface area (Å²) in [6.07, 6.45) is 2.03. The van der Waals surface area contributed by atoms with Crippen molar-refractivity contribution in [1.29, 1.82) is 0 Å². The third kappa shape index (κ3) is 4.97. The highest BCUT2D eigenvalue weighted by molar-refractivity contribution is 9.10. The van der Waals surface area contributed by atoms with Gasteiger partial charge in [-0.15, -0.1) is 11.6 Å². The summed E-state index contributed by atoms with van der Waals surface area (Å²) in [6, 6.07) is 5.13. The number of rotatable bonds is 6. The van der Waals surface area contributed by atoms with E-state index in [2.05, 4.69) is 35.1 Å². The molecular weight excluding hydrogens is 349 g/mol. The number of alkyl halides is 1. The summed E-state index contributed by atoms with van der Waals surface area (Å²) in [7, 11) is 0. The molecule has 0 aromatic heterocycles. The van der Waals surface area contributed by atoms with E-state index in [1.807, 2.05) is 0 Å². The normalized spacial score (nSPS) is 12.5. The summed E-state index contributed by atoms with van der Waals surface area (Å²) < 4.78 is 0.725. The number of hydrogen-bond acceptors (Lipinski definition) is 1. The van der Waals surface area contributed by atoms with Crippen LogP contribution in [0.3, 0.4) is 0 Å². The van der Waals surface area contributed by atoms with E-state index in [1.54, 1.807) is 18.2 Å². The van der Waals surface area contributed by atoms with Crippen LogP contribution in [0.5, 0.6) is 0 Å². The number of carbonyl (C=O) groups excluding carboxylic acids is 1. The van der Waals surface area contributed by atoms with Gasteiger partial charge in [-0.3, -0.25) is 4.79 Å². The molecule has 1 atom stereocenters. The second kappa shape index (κ2) is 8.13. The highest BCUT2D eigenvalue weighted by Gasteiger charge is 2.17. The van der Waals surface area contributed by atoms with Crippen LogP contribution >= 0.6 is 39.1 Å². The minimum absolute atomic E-state index is 0.0445. The molecule has 106 valence electrons. The molecule has 0 aliphatic carbocycles. The Balaban J connectivity index is 2.63. The van der Waals surface area contributed by atoms with E-state index < -0.39 is 0 Å². The Labute approximate surface area is 133 Å². The van der Waals surface area contributed by atoms with Crippen molar-refractivity contribution in [3.8, 4) is 0 Å². The second-order valence-corrected chi connectivity index (χ2v) is 6.28. The zero-order valence-electron chi connectivity index (χ0n) is 11.1. The minimum Gasteiger partial charge on any atom is -0.351 e. The molecule has 0 aliphatic heterocycles. The molecule has 1 aromatic carbocycles. The van der Waals surface area contributed by atoms with Crippen molar-refractivity contribution in [2.45, 2.75) is 32.1 Å². The first-order valence-electron chi connectivity index (χ1n) is 6.36. The van der Waals surface area contributed by atoms with Crippen molar-refractivity contribution in [2.24, 2.45) is 5.92 Å². The molecule has 0 saturated carbocycles. The predicted molar refractivity (Wildman–Crippen MR) is 85.2 cm³/mol. The molecule has 1 amide bonds. The molecule has 2 nitrogen and oxygen atoms in total. The summed E-state index contributed by atoms with van der Waals surface area (Å²) in [5.74, 6) is 0.260. The number of carbonyl (C=O) groups is 1. The van der Waals surface area contributed by atoms with Gasteiger partial charge in [0.2, 0.25) is 0 Å². The molecule has 5 heteroatoms. The molecule has 1 unspecified atom stereocenters. The van der Waals surface area contributed by atoms with Crippen LogP contribution < -0.4 is 5.32 Å². The summed E-state index contributed by atoms with van der Waals surface area (Å²) in [6.45, 7) is 4.68. The Morgan fingerprint density at radius 3 is 2.58 bits per heavy atom. The molecular formula is C14H18BrCl2NO. The first-order valence-corrected chi connectivity index (χ1v) is 7.97. The summed E-state index contributed by atoms with van der Waals surface area (Å²) >= 11 is 15.5. The lowest BCUT2D eigenvalue weighted by molar-refractivity contribution is 0.0951. The maximum absolute atomic E-state index is 12.1. The highest BCUT2D eigenvalue weighted by atomic mass is 79.9. The lowest BCUT2D eigenvalue weighted by atomic mass is 9.99. The third-order valence-electron chi connectivity index (χ3n) is 3.19. The van der Waals surface area contributed by atoms with Crippen LogP contribution in [-0.2, 0) is 0 Å². The summed E-state index contributed by atoms with van der Waals surface area (Å²) in [5.41, 5.74) is 0.529. The van der Waals surface area contributed by atoms with E-state index in [4.69, 9.17) is 23.2 Å². The second-order valence-electron chi connectivity index (χ2n) is 4.43. The molecule has 1 N–H and O–H groups in total. The molecule has 0 aliphatic rings. The van der Waals surface area contributed by atoms with Crippen molar-refractivity contribution in [2.75, 3.05) is 6.54 Å². The first kappa shape index (κ1) is 16.8. The number of nitrogens with one attached hydrogen (secondary N) is 1. The molecule has 1 aromatic rings. The molecule has 0 spiro atoms. The van der Waals surface area contributed by atoms with Crippen LogP contribution in [0, 0.1) is 5.92 Å². The van der Waals surface area contributed by atoms with E-state index in [0.29, 0.717) is 23.0 Å². The Bertz CT molecular complexity index is 435. The number of amides is 1. The minimum atomic E-state index is -0.161. The van der Waals surface area contributed by atoms with Gasteiger partial charge in [0.05, 0.1) is 10.9 Å². The van der Waals surface area contributed by atoms with Crippen LogP contribution in [-0.4, -0.2) is 17.8 Å². The van der Waals surface area contributed by atoms with Gasteiger partial charge in [-0.05, 0) is 40.0 Å². The Kier molecular flexibility index (Phi) is 7.19. The molecule has 1 rings (SSSR count). The van der Waals surface area contributed by atoms with Gasteiger partial charge in [-0.2, -0.15) is 0 Å². The van der Waals surface area contributed by atoms with E-state index >= 15 is 0 Å². The Morgan fingerprint density at radius 2 is 2.00 bits per heavy atom. The van der Waals surface area contributed by atoms with Crippen molar-refractivity contribution >= 4 is 45.0 Å². The van der Waals surface area contributed by atoms with Crippen LogP contribution in [0.4, 0.5) is 0 Å².